The maximum Gasteiger partial charge on any atom is 0.122 e. The predicted octanol–water partition coefficient (Wildman–Crippen LogP) is 1.92. The first-order valence-corrected chi connectivity index (χ1v) is 4.48. The van der Waals surface area contributed by atoms with E-state index in [1.165, 1.54) is 0 Å². The van der Waals surface area contributed by atoms with Gasteiger partial charge < -0.3 is 0 Å². The molecule has 1 aromatic heterocycles. The molecular weight excluding hydrogens is 156 g/mol. The van der Waals surface area contributed by atoms with Crippen LogP contribution in [-0.4, -0.2) is 6.54 Å². The van der Waals surface area contributed by atoms with Gasteiger partial charge >= 0.3 is 0 Å². The minimum atomic E-state index is -0.133. The standard InChI is InChI=1S/C8H10N2S/c1-2-10-8(5-9)7-3-4-11-6-7/h3-4,6,8,10H,2H2,1H3. The Bertz CT molecular complexity index is 235. The molecule has 3 heteroatoms. The van der Waals surface area contributed by atoms with Crippen molar-refractivity contribution in [1.29, 1.82) is 5.26 Å². The number of thiophene rings is 1. The third-order valence-electron chi connectivity index (χ3n) is 1.41. The van der Waals surface area contributed by atoms with Crippen molar-refractivity contribution >= 4 is 11.3 Å². The molecule has 1 rings (SSSR count). The van der Waals surface area contributed by atoms with Crippen molar-refractivity contribution in [3.05, 3.63) is 22.4 Å². The van der Waals surface area contributed by atoms with Gasteiger partial charge in [-0.1, -0.05) is 6.92 Å². The van der Waals surface area contributed by atoms with Crippen LogP contribution in [0.4, 0.5) is 0 Å². The van der Waals surface area contributed by atoms with Crippen LogP contribution in [0.15, 0.2) is 16.8 Å². The topological polar surface area (TPSA) is 35.8 Å². The second-order valence-corrected chi connectivity index (χ2v) is 2.96. The van der Waals surface area contributed by atoms with E-state index in [2.05, 4.69) is 11.4 Å². The smallest absolute Gasteiger partial charge is 0.122 e. The number of nitrogens with zero attached hydrogens (tertiary/aromatic N) is 1. The Morgan fingerprint density at radius 1 is 1.82 bits per heavy atom. The fraction of sp³-hybridized carbons (Fsp3) is 0.375. The lowest BCUT2D eigenvalue weighted by Gasteiger charge is -2.05. The number of hydrogen-bond acceptors (Lipinski definition) is 3. The molecule has 0 spiro atoms. The Balaban J connectivity index is 2.65. The van der Waals surface area contributed by atoms with Crippen molar-refractivity contribution in [2.75, 3.05) is 6.54 Å². The number of rotatable bonds is 3. The van der Waals surface area contributed by atoms with Crippen LogP contribution in [0.3, 0.4) is 0 Å². The summed E-state index contributed by atoms with van der Waals surface area (Å²) in [6.45, 7) is 2.82. The molecule has 0 saturated heterocycles. The van der Waals surface area contributed by atoms with E-state index in [4.69, 9.17) is 5.26 Å². The zero-order valence-electron chi connectivity index (χ0n) is 6.37. The molecule has 1 unspecified atom stereocenters. The molecule has 0 amide bonds. The Morgan fingerprint density at radius 2 is 2.64 bits per heavy atom. The van der Waals surface area contributed by atoms with Gasteiger partial charge in [0, 0.05) is 0 Å². The lowest BCUT2D eigenvalue weighted by molar-refractivity contribution is 0.660. The summed E-state index contributed by atoms with van der Waals surface area (Å²) in [6, 6.07) is 4.04. The van der Waals surface area contributed by atoms with E-state index in [0.717, 1.165) is 12.1 Å². The van der Waals surface area contributed by atoms with Crippen LogP contribution in [-0.2, 0) is 0 Å². The summed E-state index contributed by atoms with van der Waals surface area (Å²) >= 11 is 1.62. The van der Waals surface area contributed by atoms with Crippen LogP contribution in [0, 0.1) is 11.3 Å². The van der Waals surface area contributed by atoms with Crippen LogP contribution >= 0.6 is 11.3 Å². The summed E-state index contributed by atoms with van der Waals surface area (Å²) < 4.78 is 0. The SMILES string of the molecule is CCNC(C#N)c1ccsc1. The minimum Gasteiger partial charge on any atom is -0.298 e. The van der Waals surface area contributed by atoms with Gasteiger partial charge in [0.15, 0.2) is 0 Å². The van der Waals surface area contributed by atoms with Crippen molar-refractivity contribution in [2.24, 2.45) is 0 Å². The Hall–Kier alpha value is -0.850. The average Bonchev–Trinajstić information content (AvgIpc) is 2.52. The molecule has 1 N–H and O–H groups in total. The molecule has 11 heavy (non-hydrogen) atoms. The largest absolute Gasteiger partial charge is 0.298 e. The summed E-state index contributed by atoms with van der Waals surface area (Å²) in [5, 5.41) is 15.8. The normalized spacial score (nSPS) is 12.4. The third kappa shape index (κ3) is 2.04. The lowest BCUT2D eigenvalue weighted by Crippen LogP contribution is -2.18. The minimum absolute atomic E-state index is 0.133. The molecule has 0 saturated carbocycles. The van der Waals surface area contributed by atoms with E-state index in [0.29, 0.717) is 0 Å². The van der Waals surface area contributed by atoms with Crippen molar-refractivity contribution in [1.82, 2.24) is 5.32 Å². The van der Waals surface area contributed by atoms with E-state index in [-0.39, 0.29) is 6.04 Å². The van der Waals surface area contributed by atoms with Crippen LogP contribution in [0.25, 0.3) is 0 Å². The Labute approximate surface area is 70.5 Å². The summed E-state index contributed by atoms with van der Waals surface area (Å²) in [6.07, 6.45) is 0. The summed E-state index contributed by atoms with van der Waals surface area (Å²) in [7, 11) is 0. The molecule has 0 aliphatic heterocycles. The Morgan fingerprint density at radius 3 is 3.09 bits per heavy atom. The van der Waals surface area contributed by atoms with E-state index in [9.17, 15) is 0 Å². The second-order valence-electron chi connectivity index (χ2n) is 2.18. The van der Waals surface area contributed by atoms with Gasteiger partial charge in [0.05, 0.1) is 6.07 Å². The van der Waals surface area contributed by atoms with Crippen LogP contribution < -0.4 is 5.32 Å². The summed E-state index contributed by atoms with van der Waals surface area (Å²) in [4.78, 5) is 0. The van der Waals surface area contributed by atoms with Gasteiger partial charge in [0.1, 0.15) is 6.04 Å². The zero-order chi connectivity index (χ0) is 8.10. The maximum absolute atomic E-state index is 8.72. The van der Waals surface area contributed by atoms with Crippen LogP contribution in [0.1, 0.15) is 18.5 Å². The molecule has 2 nitrogen and oxygen atoms in total. The number of nitrogens with one attached hydrogen (secondary N) is 1. The predicted molar refractivity (Wildman–Crippen MR) is 46.3 cm³/mol. The highest BCUT2D eigenvalue weighted by atomic mass is 32.1. The fourth-order valence-corrected chi connectivity index (χ4v) is 1.57. The molecule has 1 aromatic rings. The number of hydrogen-bond donors (Lipinski definition) is 1. The van der Waals surface area contributed by atoms with Crippen molar-refractivity contribution in [3.8, 4) is 6.07 Å². The molecule has 0 aliphatic rings. The fourth-order valence-electron chi connectivity index (χ4n) is 0.881. The van der Waals surface area contributed by atoms with Gasteiger partial charge in [-0.25, -0.2) is 0 Å². The van der Waals surface area contributed by atoms with Gasteiger partial charge in [0.2, 0.25) is 0 Å². The number of nitriles is 1. The summed E-state index contributed by atoms with van der Waals surface area (Å²) in [5.74, 6) is 0. The maximum atomic E-state index is 8.72. The van der Waals surface area contributed by atoms with Gasteiger partial charge in [-0.05, 0) is 28.9 Å². The molecule has 1 heterocycles. The first-order chi connectivity index (χ1) is 5.38. The molecular formula is C8H10N2S. The third-order valence-corrected chi connectivity index (χ3v) is 2.12. The van der Waals surface area contributed by atoms with E-state index >= 15 is 0 Å². The first-order valence-electron chi connectivity index (χ1n) is 3.53. The average molecular weight is 166 g/mol. The van der Waals surface area contributed by atoms with Crippen molar-refractivity contribution in [3.63, 3.8) is 0 Å². The molecule has 0 radical (unpaired) electrons. The van der Waals surface area contributed by atoms with E-state index < -0.39 is 0 Å². The summed E-state index contributed by atoms with van der Waals surface area (Å²) in [5.41, 5.74) is 1.07. The van der Waals surface area contributed by atoms with Gasteiger partial charge in [-0.15, -0.1) is 0 Å². The second kappa shape index (κ2) is 4.12. The van der Waals surface area contributed by atoms with Crippen LogP contribution in [0.2, 0.25) is 0 Å². The Kier molecular flexibility index (Phi) is 3.09. The highest BCUT2D eigenvalue weighted by molar-refractivity contribution is 7.07. The molecule has 0 bridgehead atoms. The lowest BCUT2D eigenvalue weighted by atomic mass is 10.2. The van der Waals surface area contributed by atoms with Gasteiger partial charge in [0.25, 0.3) is 0 Å². The molecule has 0 aliphatic carbocycles. The molecule has 0 fully saturated rings. The van der Waals surface area contributed by atoms with E-state index in [1.807, 2.05) is 23.8 Å². The van der Waals surface area contributed by atoms with E-state index in [1.54, 1.807) is 11.3 Å². The molecule has 0 aromatic carbocycles. The monoisotopic (exact) mass is 166 g/mol. The highest BCUT2D eigenvalue weighted by Crippen LogP contribution is 2.14. The van der Waals surface area contributed by atoms with Crippen molar-refractivity contribution < 1.29 is 0 Å². The van der Waals surface area contributed by atoms with Gasteiger partial charge in [-0.2, -0.15) is 16.6 Å². The first kappa shape index (κ1) is 8.25. The quantitative estimate of drug-likeness (QED) is 0.744. The molecule has 58 valence electrons. The zero-order valence-corrected chi connectivity index (χ0v) is 7.19. The highest BCUT2D eigenvalue weighted by Gasteiger charge is 2.07. The van der Waals surface area contributed by atoms with Crippen molar-refractivity contribution in [2.45, 2.75) is 13.0 Å². The molecule has 1 atom stereocenters. The van der Waals surface area contributed by atoms with Crippen LogP contribution in [0.5, 0.6) is 0 Å². The van der Waals surface area contributed by atoms with Gasteiger partial charge in [-0.3, -0.25) is 5.32 Å².